The fourth-order valence-electron chi connectivity index (χ4n) is 3.74. The Labute approximate surface area is 169 Å². The van der Waals surface area contributed by atoms with E-state index in [9.17, 15) is 4.79 Å². The van der Waals surface area contributed by atoms with Gasteiger partial charge in [-0.25, -0.2) is 9.67 Å². The van der Waals surface area contributed by atoms with E-state index < -0.39 is 0 Å². The Morgan fingerprint density at radius 3 is 2.07 bits per heavy atom. The number of nitrogens with zero attached hydrogens (tertiary/aromatic N) is 9. The van der Waals surface area contributed by atoms with Crippen LogP contribution in [0.5, 0.6) is 0 Å². The van der Waals surface area contributed by atoms with Gasteiger partial charge < -0.3 is 19.8 Å². The second-order valence-corrected chi connectivity index (χ2v) is 7.26. The third kappa shape index (κ3) is 4.80. The molecule has 2 aliphatic rings. The lowest BCUT2D eigenvalue weighted by Crippen LogP contribution is -2.50. The molecule has 156 valence electrons. The van der Waals surface area contributed by atoms with Gasteiger partial charge in [0.15, 0.2) is 11.6 Å². The molecule has 4 heterocycles. The summed E-state index contributed by atoms with van der Waals surface area (Å²) in [6.45, 7) is 7.56. The average molecular weight is 401 g/mol. The number of β-amino-alcohol motifs (C(OH)–C–C–N with tert-alkyl or cyclic N) is 1. The number of hydrogen-bond acceptors (Lipinski definition) is 9. The van der Waals surface area contributed by atoms with Crippen LogP contribution in [0.2, 0.25) is 0 Å². The predicted molar refractivity (Wildman–Crippen MR) is 107 cm³/mol. The minimum Gasteiger partial charge on any atom is -0.395 e. The van der Waals surface area contributed by atoms with Crippen molar-refractivity contribution in [3.05, 3.63) is 24.8 Å². The molecule has 0 spiro atoms. The Morgan fingerprint density at radius 1 is 0.931 bits per heavy atom. The summed E-state index contributed by atoms with van der Waals surface area (Å²) in [6.07, 6.45) is 2.99. The van der Waals surface area contributed by atoms with Gasteiger partial charge in [-0.3, -0.25) is 9.69 Å². The number of aliphatic hydroxyl groups excluding tert-OH is 1. The Morgan fingerprint density at radius 2 is 1.55 bits per heavy atom. The monoisotopic (exact) mass is 401 g/mol. The highest BCUT2D eigenvalue weighted by Gasteiger charge is 2.23. The van der Waals surface area contributed by atoms with Crippen molar-refractivity contribution in [1.82, 2.24) is 34.8 Å². The maximum atomic E-state index is 12.4. The summed E-state index contributed by atoms with van der Waals surface area (Å²) in [5.41, 5.74) is 0. The van der Waals surface area contributed by atoms with E-state index in [-0.39, 0.29) is 19.1 Å². The van der Waals surface area contributed by atoms with Crippen LogP contribution in [0.4, 0.5) is 11.6 Å². The van der Waals surface area contributed by atoms with Crippen LogP contribution in [0.25, 0.3) is 0 Å². The summed E-state index contributed by atoms with van der Waals surface area (Å²) in [4.78, 5) is 24.7. The molecule has 0 saturated carbocycles. The van der Waals surface area contributed by atoms with Crippen LogP contribution >= 0.6 is 0 Å². The molecule has 0 bridgehead atoms. The molecule has 29 heavy (non-hydrogen) atoms. The Hall–Kier alpha value is -2.79. The van der Waals surface area contributed by atoms with Crippen LogP contribution in [0.1, 0.15) is 0 Å². The Balaban J connectivity index is 1.26. The number of anilines is 2. The number of aliphatic hydroxyl groups is 1. The van der Waals surface area contributed by atoms with Crippen molar-refractivity contribution in [1.29, 1.82) is 0 Å². The fourth-order valence-corrected chi connectivity index (χ4v) is 3.74. The lowest BCUT2D eigenvalue weighted by molar-refractivity contribution is -0.132. The summed E-state index contributed by atoms with van der Waals surface area (Å²) in [5.74, 6) is 1.78. The van der Waals surface area contributed by atoms with Gasteiger partial charge in [-0.15, -0.1) is 10.2 Å². The van der Waals surface area contributed by atoms with E-state index in [1.54, 1.807) is 11.0 Å². The minimum absolute atomic E-state index is 0.0527. The summed E-state index contributed by atoms with van der Waals surface area (Å²) in [6, 6.07) is 4.03. The van der Waals surface area contributed by atoms with Gasteiger partial charge in [0.05, 0.1) is 6.61 Å². The van der Waals surface area contributed by atoms with E-state index in [2.05, 4.69) is 35.0 Å². The normalized spacial score (nSPS) is 18.3. The Kier molecular flexibility index (Phi) is 6.15. The van der Waals surface area contributed by atoms with Crippen LogP contribution < -0.4 is 9.80 Å². The molecular weight excluding hydrogens is 374 g/mol. The molecule has 11 heteroatoms. The Bertz CT molecular complexity index is 767. The maximum absolute atomic E-state index is 12.4. The number of rotatable bonds is 6. The van der Waals surface area contributed by atoms with Crippen LogP contribution in [-0.2, 0) is 11.3 Å². The van der Waals surface area contributed by atoms with Gasteiger partial charge in [-0.2, -0.15) is 5.10 Å². The quantitative estimate of drug-likeness (QED) is 0.621. The largest absolute Gasteiger partial charge is 0.395 e. The molecule has 2 aromatic heterocycles. The van der Waals surface area contributed by atoms with Crippen molar-refractivity contribution in [3.8, 4) is 0 Å². The number of aromatic nitrogens is 5. The first-order valence-corrected chi connectivity index (χ1v) is 10.00. The van der Waals surface area contributed by atoms with Crippen molar-refractivity contribution in [3.63, 3.8) is 0 Å². The van der Waals surface area contributed by atoms with Gasteiger partial charge in [0, 0.05) is 58.9 Å². The number of carbonyl (C=O) groups excluding carboxylic acids is 1. The van der Waals surface area contributed by atoms with Crippen molar-refractivity contribution >= 4 is 17.5 Å². The topological polar surface area (TPSA) is 107 Å². The zero-order valence-corrected chi connectivity index (χ0v) is 16.5. The van der Waals surface area contributed by atoms with Crippen LogP contribution in [-0.4, -0.2) is 111 Å². The fraction of sp³-hybridized carbons (Fsp3) is 0.611. The van der Waals surface area contributed by atoms with E-state index in [0.29, 0.717) is 13.1 Å². The van der Waals surface area contributed by atoms with Gasteiger partial charge in [-0.1, -0.05) is 0 Å². The second-order valence-electron chi connectivity index (χ2n) is 7.26. The maximum Gasteiger partial charge on any atom is 0.244 e. The van der Waals surface area contributed by atoms with Crippen LogP contribution in [0, 0.1) is 0 Å². The number of piperazine rings is 2. The minimum atomic E-state index is 0.0527. The summed E-state index contributed by atoms with van der Waals surface area (Å²) >= 11 is 0. The highest BCUT2D eigenvalue weighted by molar-refractivity contribution is 5.76. The highest BCUT2D eigenvalue weighted by Crippen LogP contribution is 2.18. The van der Waals surface area contributed by atoms with Crippen molar-refractivity contribution < 1.29 is 9.90 Å². The lowest BCUT2D eigenvalue weighted by Gasteiger charge is -2.36. The van der Waals surface area contributed by atoms with E-state index in [4.69, 9.17) is 5.11 Å². The first-order valence-electron chi connectivity index (χ1n) is 10.00. The van der Waals surface area contributed by atoms with E-state index in [1.807, 2.05) is 17.0 Å². The molecule has 2 aromatic rings. The van der Waals surface area contributed by atoms with Gasteiger partial charge >= 0.3 is 0 Å². The molecule has 2 saturated heterocycles. The van der Waals surface area contributed by atoms with Gasteiger partial charge in [-0.05, 0) is 12.1 Å². The molecular formula is C18H27N9O2. The molecule has 0 aliphatic carbocycles. The zero-order valence-electron chi connectivity index (χ0n) is 16.5. The number of amides is 1. The summed E-state index contributed by atoms with van der Waals surface area (Å²) < 4.78 is 1.54. The second kappa shape index (κ2) is 9.14. The number of hydrogen-bond donors (Lipinski definition) is 1. The highest BCUT2D eigenvalue weighted by atomic mass is 16.3. The molecule has 0 unspecified atom stereocenters. The van der Waals surface area contributed by atoms with E-state index >= 15 is 0 Å². The molecule has 11 nitrogen and oxygen atoms in total. The smallest absolute Gasteiger partial charge is 0.244 e. The molecule has 2 fully saturated rings. The predicted octanol–water partition coefficient (Wildman–Crippen LogP) is -1.47. The first kappa shape index (κ1) is 19.5. The SMILES string of the molecule is O=C(Cn1cncn1)N1CCN(c2ccc(N3CCN(CCO)CC3)nn2)CC1. The zero-order chi connectivity index (χ0) is 20.1. The van der Waals surface area contributed by atoms with Crippen molar-refractivity contribution in [2.75, 3.05) is 75.3 Å². The van der Waals surface area contributed by atoms with Crippen LogP contribution in [0.3, 0.4) is 0 Å². The molecule has 2 aliphatic heterocycles. The van der Waals surface area contributed by atoms with E-state index in [1.165, 1.54) is 6.33 Å². The van der Waals surface area contributed by atoms with Gasteiger partial charge in [0.2, 0.25) is 5.91 Å². The van der Waals surface area contributed by atoms with Crippen molar-refractivity contribution in [2.45, 2.75) is 6.54 Å². The lowest BCUT2D eigenvalue weighted by atomic mass is 10.3. The third-order valence-corrected chi connectivity index (χ3v) is 5.47. The molecule has 1 amide bonds. The molecule has 1 N–H and O–H groups in total. The van der Waals surface area contributed by atoms with Crippen molar-refractivity contribution in [2.24, 2.45) is 0 Å². The molecule has 0 aromatic carbocycles. The van der Waals surface area contributed by atoms with Gasteiger partial charge in [0.1, 0.15) is 19.2 Å². The average Bonchev–Trinajstić information content (AvgIpc) is 3.28. The summed E-state index contributed by atoms with van der Waals surface area (Å²) in [7, 11) is 0. The number of carbonyl (C=O) groups is 1. The summed E-state index contributed by atoms with van der Waals surface area (Å²) in [5, 5.41) is 21.9. The first-order chi connectivity index (χ1) is 14.2. The standard InChI is InChI=1S/C18H27N9O2/c28-12-11-23-3-5-24(6-4-23)16-1-2-17(22-21-16)25-7-9-26(10-8-25)18(29)13-27-15-19-14-20-27/h1-2,14-15,28H,3-13H2. The molecule has 0 radical (unpaired) electrons. The molecule has 4 rings (SSSR count). The third-order valence-electron chi connectivity index (χ3n) is 5.47. The molecule has 0 atom stereocenters. The van der Waals surface area contributed by atoms with Gasteiger partial charge in [0.25, 0.3) is 0 Å². The van der Waals surface area contributed by atoms with Crippen LogP contribution in [0.15, 0.2) is 24.8 Å². The van der Waals surface area contributed by atoms with E-state index in [0.717, 1.165) is 57.4 Å².